The summed E-state index contributed by atoms with van der Waals surface area (Å²) in [6.45, 7) is 0. The molecule has 1 saturated heterocycles. The van der Waals surface area contributed by atoms with E-state index in [2.05, 4.69) is 5.32 Å². The molecule has 0 bridgehead atoms. The average molecular weight is 443 g/mol. The van der Waals surface area contributed by atoms with E-state index in [0.29, 0.717) is 11.3 Å². The Bertz CT molecular complexity index is 1110. The number of hydrogen-bond acceptors (Lipinski definition) is 5. The van der Waals surface area contributed by atoms with Crippen LogP contribution >= 0.6 is 11.6 Å². The molecular formula is C22H19ClN2O6. The fourth-order valence-corrected chi connectivity index (χ4v) is 4.17. The van der Waals surface area contributed by atoms with Gasteiger partial charge in [0.25, 0.3) is 11.8 Å². The molecule has 0 unspecified atom stereocenters. The van der Waals surface area contributed by atoms with Crippen molar-refractivity contribution < 1.29 is 28.7 Å². The van der Waals surface area contributed by atoms with Gasteiger partial charge in [-0.2, -0.15) is 0 Å². The number of aromatic carboxylic acids is 1. The first-order valence-electron chi connectivity index (χ1n) is 9.89. The Labute approximate surface area is 182 Å². The van der Waals surface area contributed by atoms with Crippen LogP contribution in [0.15, 0.2) is 40.3 Å². The van der Waals surface area contributed by atoms with Crippen molar-refractivity contribution in [1.82, 2.24) is 10.2 Å². The third-order valence-electron chi connectivity index (χ3n) is 5.47. The number of rotatable bonds is 4. The number of amides is 4. The number of furan rings is 1. The van der Waals surface area contributed by atoms with E-state index in [-0.39, 0.29) is 28.0 Å². The van der Waals surface area contributed by atoms with E-state index in [1.807, 2.05) is 0 Å². The van der Waals surface area contributed by atoms with Crippen molar-refractivity contribution in [2.45, 2.75) is 38.1 Å². The molecule has 1 aliphatic carbocycles. The lowest BCUT2D eigenvalue weighted by Crippen LogP contribution is -2.58. The minimum absolute atomic E-state index is 0.0312. The zero-order valence-electron chi connectivity index (χ0n) is 16.4. The maximum absolute atomic E-state index is 12.9. The first-order valence-corrected chi connectivity index (χ1v) is 10.3. The number of halogens is 1. The largest absolute Gasteiger partial charge is 0.478 e. The van der Waals surface area contributed by atoms with Crippen molar-refractivity contribution in [2.24, 2.45) is 0 Å². The molecule has 2 fully saturated rings. The molecule has 31 heavy (non-hydrogen) atoms. The van der Waals surface area contributed by atoms with Crippen molar-refractivity contribution in [1.29, 1.82) is 0 Å². The second-order valence-electron chi connectivity index (χ2n) is 7.49. The minimum atomic E-state index is -1.14. The van der Waals surface area contributed by atoms with Gasteiger partial charge in [0.15, 0.2) is 0 Å². The highest BCUT2D eigenvalue weighted by Crippen LogP contribution is 2.29. The van der Waals surface area contributed by atoms with Crippen LogP contribution in [0.25, 0.3) is 17.4 Å². The summed E-state index contributed by atoms with van der Waals surface area (Å²) < 4.78 is 5.71. The van der Waals surface area contributed by atoms with E-state index < -0.39 is 23.8 Å². The topological polar surface area (TPSA) is 117 Å². The summed E-state index contributed by atoms with van der Waals surface area (Å²) in [7, 11) is 0. The van der Waals surface area contributed by atoms with Gasteiger partial charge in [0, 0.05) is 11.6 Å². The van der Waals surface area contributed by atoms with Gasteiger partial charge in [-0.05, 0) is 43.2 Å². The lowest BCUT2D eigenvalue weighted by atomic mass is 9.93. The first kappa shape index (κ1) is 20.9. The molecule has 0 radical (unpaired) electrons. The van der Waals surface area contributed by atoms with E-state index in [4.69, 9.17) is 21.1 Å². The number of nitrogens with zero attached hydrogens (tertiary/aromatic N) is 1. The number of nitrogens with one attached hydrogen (secondary N) is 1. The second-order valence-corrected chi connectivity index (χ2v) is 7.89. The van der Waals surface area contributed by atoms with Crippen molar-refractivity contribution in [3.63, 3.8) is 0 Å². The van der Waals surface area contributed by atoms with Crippen LogP contribution in [0.4, 0.5) is 4.79 Å². The monoisotopic (exact) mass is 442 g/mol. The van der Waals surface area contributed by atoms with Crippen LogP contribution in [-0.2, 0) is 9.59 Å². The third kappa shape index (κ3) is 4.11. The van der Waals surface area contributed by atoms with Crippen LogP contribution in [-0.4, -0.2) is 39.9 Å². The Morgan fingerprint density at radius 2 is 1.87 bits per heavy atom. The van der Waals surface area contributed by atoms with Crippen LogP contribution in [0, 0.1) is 0 Å². The molecule has 2 aliphatic rings. The summed E-state index contributed by atoms with van der Waals surface area (Å²) in [4.78, 5) is 49.8. The van der Waals surface area contributed by atoms with Crippen LogP contribution in [0.5, 0.6) is 0 Å². The number of urea groups is 1. The van der Waals surface area contributed by atoms with E-state index in [9.17, 15) is 19.2 Å². The normalized spacial score (nSPS) is 19.1. The predicted molar refractivity (Wildman–Crippen MR) is 111 cm³/mol. The van der Waals surface area contributed by atoms with Gasteiger partial charge >= 0.3 is 12.0 Å². The molecule has 0 atom stereocenters. The number of barbiturate groups is 1. The molecule has 2 aromatic rings. The fourth-order valence-electron chi connectivity index (χ4n) is 3.91. The molecule has 1 aliphatic heterocycles. The number of carbonyl (C=O) groups excluding carboxylic acids is 3. The number of carbonyl (C=O) groups is 4. The Morgan fingerprint density at radius 3 is 2.55 bits per heavy atom. The molecular weight excluding hydrogens is 424 g/mol. The number of imide groups is 2. The van der Waals surface area contributed by atoms with Gasteiger partial charge in [0.2, 0.25) is 0 Å². The second kappa shape index (κ2) is 8.39. The van der Waals surface area contributed by atoms with Gasteiger partial charge in [-0.15, -0.1) is 0 Å². The molecule has 4 rings (SSSR count). The highest BCUT2D eigenvalue weighted by Gasteiger charge is 2.40. The van der Waals surface area contributed by atoms with Gasteiger partial charge in [0.05, 0.1) is 10.6 Å². The maximum Gasteiger partial charge on any atom is 0.337 e. The Hall–Kier alpha value is -3.39. The summed E-state index contributed by atoms with van der Waals surface area (Å²) in [5, 5.41) is 11.4. The first-order chi connectivity index (χ1) is 14.8. The molecule has 1 aromatic heterocycles. The fraction of sp³-hybridized carbons (Fsp3) is 0.273. The SMILES string of the molecule is O=C1NC(=O)N(C2CCCCC2)C(=O)C1=Cc1ccc(-c2ccc(C(=O)O)c(Cl)c2)o1. The molecule has 1 aromatic carbocycles. The maximum atomic E-state index is 12.9. The van der Waals surface area contributed by atoms with Crippen LogP contribution < -0.4 is 5.32 Å². The molecule has 8 nitrogen and oxygen atoms in total. The van der Waals surface area contributed by atoms with Gasteiger partial charge in [-0.1, -0.05) is 36.9 Å². The van der Waals surface area contributed by atoms with E-state index >= 15 is 0 Å². The summed E-state index contributed by atoms with van der Waals surface area (Å²) >= 11 is 6.01. The number of carboxylic acids is 1. The zero-order valence-corrected chi connectivity index (χ0v) is 17.1. The van der Waals surface area contributed by atoms with Gasteiger partial charge in [-0.25, -0.2) is 9.59 Å². The van der Waals surface area contributed by atoms with Gasteiger partial charge in [-0.3, -0.25) is 19.8 Å². The minimum Gasteiger partial charge on any atom is -0.478 e. The molecule has 4 amide bonds. The summed E-state index contributed by atoms with van der Waals surface area (Å²) in [6.07, 6.45) is 5.67. The Balaban J connectivity index is 1.61. The van der Waals surface area contributed by atoms with Crippen molar-refractivity contribution in [2.75, 3.05) is 0 Å². The van der Waals surface area contributed by atoms with E-state index in [0.717, 1.165) is 37.0 Å². The predicted octanol–water partition coefficient (Wildman–Crippen LogP) is 4.09. The molecule has 2 heterocycles. The quantitative estimate of drug-likeness (QED) is 0.544. The molecule has 160 valence electrons. The Kier molecular flexibility index (Phi) is 5.65. The number of hydrogen-bond donors (Lipinski definition) is 2. The lowest BCUT2D eigenvalue weighted by molar-refractivity contribution is -0.132. The van der Waals surface area contributed by atoms with Crippen molar-refractivity contribution >= 4 is 41.5 Å². The summed E-state index contributed by atoms with van der Waals surface area (Å²) in [5.74, 6) is -1.92. The van der Waals surface area contributed by atoms with Crippen LogP contribution in [0.2, 0.25) is 5.02 Å². The summed E-state index contributed by atoms with van der Waals surface area (Å²) in [5.41, 5.74) is 0.333. The number of benzene rings is 1. The lowest BCUT2D eigenvalue weighted by Gasteiger charge is -2.35. The van der Waals surface area contributed by atoms with E-state index in [1.54, 1.807) is 18.2 Å². The van der Waals surface area contributed by atoms with Gasteiger partial charge in [0.1, 0.15) is 17.1 Å². The average Bonchev–Trinajstić information content (AvgIpc) is 3.20. The summed E-state index contributed by atoms with van der Waals surface area (Å²) in [6, 6.07) is 6.66. The zero-order chi connectivity index (χ0) is 22.1. The highest BCUT2D eigenvalue weighted by molar-refractivity contribution is 6.33. The van der Waals surface area contributed by atoms with Crippen molar-refractivity contribution in [3.8, 4) is 11.3 Å². The highest BCUT2D eigenvalue weighted by atomic mass is 35.5. The smallest absolute Gasteiger partial charge is 0.337 e. The standard InChI is InChI=1S/C22H19ClN2O6/c23-17-10-12(6-8-15(17)21(28)29)18-9-7-14(31-18)11-16-19(26)24-22(30)25(20(16)27)13-4-2-1-3-5-13/h6-11,13H,1-5H2,(H,28,29)(H,24,26,30). The van der Waals surface area contributed by atoms with E-state index in [1.165, 1.54) is 18.2 Å². The van der Waals surface area contributed by atoms with Crippen molar-refractivity contribution in [3.05, 3.63) is 52.3 Å². The number of carboxylic acid groups (broad SMARTS) is 1. The van der Waals surface area contributed by atoms with Gasteiger partial charge < -0.3 is 9.52 Å². The van der Waals surface area contributed by atoms with Crippen LogP contribution in [0.1, 0.15) is 48.2 Å². The Morgan fingerprint density at radius 1 is 1.13 bits per heavy atom. The molecule has 9 heteroatoms. The molecule has 1 saturated carbocycles. The molecule has 0 spiro atoms. The molecule has 2 N–H and O–H groups in total. The van der Waals surface area contributed by atoms with Crippen LogP contribution in [0.3, 0.4) is 0 Å². The third-order valence-corrected chi connectivity index (χ3v) is 5.78.